The molecule has 0 atom stereocenters. The Balaban J connectivity index is 2.26. The molecular weight excluding hydrogens is 240 g/mol. The van der Waals surface area contributed by atoms with Gasteiger partial charge >= 0.3 is 0 Å². The molecule has 5 heteroatoms. The summed E-state index contributed by atoms with van der Waals surface area (Å²) in [4.78, 5) is 0. The van der Waals surface area contributed by atoms with E-state index in [1.807, 2.05) is 11.8 Å². The van der Waals surface area contributed by atoms with Gasteiger partial charge in [-0.05, 0) is 54.9 Å². The molecule has 0 saturated heterocycles. The highest BCUT2D eigenvalue weighted by molar-refractivity contribution is 7.98. The zero-order valence-corrected chi connectivity index (χ0v) is 10.8. The molecule has 0 aromatic heterocycles. The van der Waals surface area contributed by atoms with Crippen molar-refractivity contribution in [2.45, 2.75) is 6.42 Å². The van der Waals surface area contributed by atoms with Gasteiger partial charge in [0, 0.05) is 12.2 Å². The average Bonchev–Trinajstić information content (AvgIpc) is 2.28. The summed E-state index contributed by atoms with van der Waals surface area (Å²) >= 11 is 6.95. The van der Waals surface area contributed by atoms with Crippen LogP contribution in [0.1, 0.15) is 6.42 Å². The van der Waals surface area contributed by atoms with Crippen LogP contribution in [0.3, 0.4) is 0 Å². The lowest BCUT2D eigenvalue weighted by atomic mass is 10.3. The molecule has 88 valence electrons. The monoisotopic (exact) mass is 256 g/mol. The van der Waals surface area contributed by atoms with E-state index in [0.29, 0.717) is 5.11 Å². The zero-order valence-electron chi connectivity index (χ0n) is 9.19. The molecule has 0 aliphatic rings. The highest BCUT2D eigenvalue weighted by Gasteiger charge is 1.96. The summed E-state index contributed by atoms with van der Waals surface area (Å²) in [5.41, 5.74) is 0.875. The van der Waals surface area contributed by atoms with Crippen molar-refractivity contribution in [3.63, 3.8) is 0 Å². The Bertz CT molecular complexity index is 327. The molecule has 1 aromatic carbocycles. The van der Waals surface area contributed by atoms with Gasteiger partial charge in [-0.3, -0.25) is 0 Å². The fourth-order valence-corrected chi connectivity index (χ4v) is 1.79. The topological polar surface area (TPSA) is 44.3 Å². The number of thiocarbonyl (C=S) groups is 1. The molecule has 0 fully saturated rings. The fourth-order valence-electron chi connectivity index (χ4n) is 1.14. The molecule has 0 aliphatic carbocycles. The van der Waals surface area contributed by atoms with Gasteiger partial charge in [-0.2, -0.15) is 11.8 Å². The maximum absolute atomic E-state index is 9.11. The van der Waals surface area contributed by atoms with E-state index in [9.17, 15) is 0 Å². The summed E-state index contributed by atoms with van der Waals surface area (Å²) in [7, 11) is 0. The van der Waals surface area contributed by atoms with E-state index >= 15 is 0 Å². The molecule has 1 aromatic rings. The number of hydrogen-bond donors (Lipinski definition) is 3. The number of phenols is 1. The van der Waals surface area contributed by atoms with Crippen molar-refractivity contribution >= 4 is 34.8 Å². The molecule has 3 N–H and O–H groups in total. The number of nitrogens with one attached hydrogen (secondary N) is 2. The van der Waals surface area contributed by atoms with Gasteiger partial charge in [0.2, 0.25) is 0 Å². The minimum absolute atomic E-state index is 0.254. The number of hydrogen-bond acceptors (Lipinski definition) is 3. The van der Waals surface area contributed by atoms with Crippen LogP contribution in [-0.2, 0) is 0 Å². The first-order valence-electron chi connectivity index (χ1n) is 5.05. The highest BCUT2D eigenvalue weighted by atomic mass is 32.2. The van der Waals surface area contributed by atoms with Crippen LogP contribution in [0.2, 0.25) is 0 Å². The molecule has 0 radical (unpaired) electrons. The fraction of sp³-hybridized carbons (Fsp3) is 0.364. The van der Waals surface area contributed by atoms with Crippen LogP contribution in [-0.4, -0.2) is 28.8 Å². The minimum Gasteiger partial charge on any atom is -0.508 e. The predicted molar refractivity (Wildman–Crippen MR) is 75.3 cm³/mol. The third kappa shape index (κ3) is 5.23. The Kier molecular flexibility index (Phi) is 6.03. The van der Waals surface area contributed by atoms with E-state index < -0.39 is 0 Å². The maximum Gasteiger partial charge on any atom is 0.170 e. The number of thioether (sulfide) groups is 1. The summed E-state index contributed by atoms with van der Waals surface area (Å²) < 4.78 is 0. The molecule has 0 heterocycles. The third-order valence-corrected chi connectivity index (χ3v) is 2.88. The van der Waals surface area contributed by atoms with Gasteiger partial charge in [-0.25, -0.2) is 0 Å². The summed E-state index contributed by atoms with van der Waals surface area (Å²) in [5.74, 6) is 1.39. The first-order chi connectivity index (χ1) is 7.72. The lowest BCUT2D eigenvalue weighted by Gasteiger charge is -2.10. The van der Waals surface area contributed by atoms with Crippen molar-refractivity contribution in [2.75, 3.05) is 23.9 Å². The van der Waals surface area contributed by atoms with Crippen molar-refractivity contribution in [1.82, 2.24) is 5.32 Å². The Morgan fingerprint density at radius 1 is 1.38 bits per heavy atom. The third-order valence-electron chi connectivity index (χ3n) is 1.94. The first kappa shape index (κ1) is 13.1. The van der Waals surface area contributed by atoms with Crippen LogP contribution in [0.25, 0.3) is 0 Å². The van der Waals surface area contributed by atoms with Crippen LogP contribution in [0, 0.1) is 0 Å². The average molecular weight is 256 g/mol. The van der Waals surface area contributed by atoms with Gasteiger partial charge in [0.05, 0.1) is 0 Å². The van der Waals surface area contributed by atoms with E-state index in [1.165, 1.54) is 0 Å². The Morgan fingerprint density at radius 3 is 2.69 bits per heavy atom. The number of rotatable bonds is 5. The van der Waals surface area contributed by atoms with E-state index in [0.717, 1.165) is 24.4 Å². The first-order valence-corrected chi connectivity index (χ1v) is 6.85. The summed E-state index contributed by atoms with van der Waals surface area (Å²) in [6, 6.07) is 6.81. The Labute approximate surface area is 106 Å². The molecule has 0 saturated carbocycles. The highest BCUT2D eigenvalue weighted by Crippen LogP contribution is 2.13. The smallest absolute Gasteiger partial charge is 0.170 e. The van der Waals surface area contributed by atoms with Crippen molar-refractivity contribution in [1.29, 1.82) is 0 Å². The van der Waals surface area contributed by atoms with E-state index in [2.05, 4.69) is 16.9 Å². The molecule has 0 spiro atoms. The summed E-state index contributed by atoms with van der Waals surface area (Å²) in [6.45, 7) is 0.880. The largest absolute Gasteiger partial charge is 0.508 e. The second-order valence-electron chi connectivity index (χ2n) is 3.27. The second-order valence-corrected chi connectivity index (χ2v) is 4.67. The predicted octanol–water partition coefficient (Wildman–Crippen LogP) is 2.43. The van der Waals surface area contributed by atoms with Crippen molar-refractivity contribution in [3.8, 4) is 5.75 Å². The van der Waals surface area contributed by atoms with Crippen LogP contribution >= 0.6 is 24.0 Å². The zero-order chi connectivity index (χ0) is 11.8. The van der Waals surface area contributed by atoms with Crippen molar-refractivity contribution in [2.24, 2.45) is 0 Å². The van der Waals surface area contributed by atoms with E-state index in [-0.39, 0.29) is 5.75 Å². The molecule has 1 rings (SSSR count). The number of anilines is 1. The Hall–Kier alpha value is -0.940. The van der Waals surface area contributed by atoms with Gasteiger partial charge in [0.15, 0.2) is 5.11 Å². The maximum atomic E-state index is 9.11. The second kappa shape index (κ2) is 7.35. The van der Waals surface area contributed by atoms with Gasteiger partial charge < -0.3 is 15.7 Å². The standard InChI is InChI=1S/C11H16N2OS2/c1-16-8-2-7-12-11(15)13-9-3-5-10(14)6-4-9/h3-6,14H,2,7-8H2,1H3,(H2,12,13,15). The normalized spacial score (nSPS) is 9.81. The molecule has 0 unspecified atom stereocenters. The van der Waals surface area contributed by atoms with Crippen LogP contribution in [0.5, 0.6) is 5.75 Å². The SMILES string of the molecule is CSCCCNC(=S)Nc1ccc(O)cc1. The van der Waals surface area contributed by atoms with Gasteiger partial charge in [-0.15, -0.1) is 0 Å². The van der Waals surface area contributed by atoms with Crippen LogP contribution in [0.15, 0.2) is 24.3 Å². The number of aromatic hydroxyl groups is 1. The van der Waals surface area contributed by atoms with Gasteiger partial charge in [0.25, 0.3) is 0 Å². The number of phenolic OH excluding ortho intramolecular Hbond substituents is 1. The minimum atomic E-state index is 0.254. The van der Waals surface area contributed by atoms with Gasteiger partial charge in [0.1, 0.15) is 5.75 Å². The molecule has 0 aliphatic heterocycles. The van der Waals surface area contributed by atoms with Crippen LogP contribution in [0.4, 0.5) is 5.69 Å². The quantitative estimate of drug-likeness (QED) is 0.429. The van der Waals surface area contributed by atoms with E-state index in [4.69, 9.17) is 17.3 Å². The summed E-state index contributed by atoms with van der Waals surface area (Å²) in [6.07, 6.45) is 3.19. The number of benzene rings is 1. The lowest BCUT2D eigenvalue weighted by Crippen LogP contribution is -2.29. The van der Waals surface area contributed by atoms with E-state index in [1.54, 1.807) is 24.3 Å². The molecule has 16 heavy (non-hydrogen) atoms. The molecular formula is C11H16N2OS2. The van der Waals surface area contributed by atoms with Crippen LogP contribution < -0.4 is 10.6 Å². The van der Waals surface area contributed by atoms with Gasteiger partial charge in [-0.1, -0.05) is 0 Å². The molecule has 0 amide bonds. The molecule has 0 bridgehead atoms. The lowest BCUT2D eigenvalue weighted by molar-refractivity contribution is 0.475. The summed E-state index contributed by atoms with van der Waals surface area (Å²) in [5, 5.41) is 15.9. The van der Waals surface area contributed by atoms with Crippen molar-refractivity contribution in [3.05, 3.63) is 24.3 Å². The van der Waals surface area contributed by atoms with Crippen molar-refractivity contribution < 1.29 is 5.11 Å². The molecule has 3 nitrogen and oxygen atoms in total. The Morgan fingerprint density at radius 2 is 2.06 bits per heavy atom.